The average Bonchev–Trinajstić information content (AvgIpc) is 2.59. The minimum atomic E-state index is -0.325. The summed E-state index contributed by atoms with van der Waals surface area (Å²) in [5.41, 5.74) is 1.49. The number of aromatic nitrogens is 2. The van der Waals surface area contributed by atoms with Gasteiger partial charge in [0.25, 0.3) is 11.5 Å². The number of nitrogens with zero attached hydrogens (tertiary/aromatic N) is 1. The van der Waals surface area contributed by atoms with Crippen LogP contribution < -0.4 is 10.9 Å². The van der Waals surface area contributed by atoms with Crippen molar-refractivity contribution in [2.75, 3.05) is 0 Å². The van der Waals surface area contributed by atoms with Crippen molar-refractivity contribution in [1.29, 1.82) is 0 Å². The summed E-state index contributed by atoms with van der Waals surface area (Å²) < 4.78 is 14.6. The van der Waals surface area contributed by atoms with Crippen molar-refractivity contribution in [2.24, 2.45) is 7.05 Å². The van der Waals surface area contributed by atoms with E-state index in [0.29, 0.717) is 16.5 Å². The zero-order chi connectivity index (χ0) is 18.1. The molecule has 1 heterocycles. The summed E-state index contributed by atoms with van der Waals surface area (Å²) in [5.74, 6) is -0.618. The molecule has 1 amide bonds. The second-order valence-corrected chi connectivity index (χ2v) is 6.19. The smallest absolute Gasteiger partial charge is 0.261 e. The van der Waals surface area contributed by atoms with E-state index < -0.39 is 0 Å². The van der Waals surface area contributed by atoms with Gasteiger partial charge in [-0.15, -0.1) is 0 Å². The fourth-order valence-corrected chi connectivity index (χ4v) is 2.75. The van der Waals surface area contributed by atoms with Crippen molar-refractivity contribution in [3.8, 4) is 0 Å². The Hall–Kier alpha value is -2.80. The van der Waals surface area contributed by atoms with Crippen LogP contribution in [0.4, 0.5) is 4.39 Å². The predicted octanol–water partition coefficient (Wildman–Crippen LogP) is 3.23. The SMILES string of the molecule is CC(NC(=O)c1ccc2c(=O)n(C)c(=S)[nH]c2c1)c1ccc(F)cc1. The third-order valence-corrected chi connectivity index (χ3v) is 4.46. The van der Waals surface area contributed by atoms with Crippen molar-refractivity contribution in [1.82, 2.24) is 14.9 Å². The maximum atomic E-state index is 13.0. The van der Waals surface area contributed by atoms with Crippen LogP contribution in [0.15, 0.2) is 47.3 Å². The summed E-state index contributed by atoms with van der Waals surface area (Å²) in [7, 11) is 1.59. The fraction of sp³-hybridized carbons (Fsp3) is 0.167. The number of amides is 1. The minimum Gasteiger partial charge on any atom is -0.346 e. The summed E-state index contributed by atoms with van der Waals surface area (Å²) in [6, 6.07) is 10.5. The van der Waals surface area contributed by atoms with Crippen molar-refractivity contribution in [3.63, 3.8) is 0 Å². The van der Waals surface area contributed by atoms with Gasteiger partial charge >= 0.3 is 0 Å². The standard InChI is InChI=1S/C18H16FN3O2S/c1-10(11-3-6-13(19)7-4-11)20-16(23)12-5-8-14-15(9-12)21-18(25)22(2)17(14)24/h3-10H,1-2H3,(H,20,23)(H,21,25). The van der Waals surface area contributed by atoms with Gasteiger partial charge in [-0.25, -0.2) is 4.39 Å². The van der Waals surface area contributed by atoms with Crippen LogP contribution in [0.3, 0.4) is 0 Å². The zero-order valence-corrected chi connectivity index (χ0v) is 14.5. The van der Waals surface area contributed by atoms with Crippen LogP contribution in [0.5, 0.6) is 0 Å². The first-order chi connectivity index (χ1) is 11.9. The highest BCUT2D eigenvalue weighted by atomic mass is 32.1. The Labute approximate surface area is 148 Å². The Bertz CT molecular complexity index is 1070. The van der Waals surface area contributed by atoms with Crippen LogP contribution in [0.25, 0.3) is 10.9 Å². The molecular formula is C18H16FN3O2S. The molecule has 3 aromatic rings. The third kappa shape index (κ3) is 3.36. The highest BCUT2D eigenvalue weighted by Gasteiger charge is 2.13. The predicted molar refractivity (Wildman–Crippen MR) is 96.7 cm³/mol. The van der Waals surface area contributed by atoms with E-state index in [2.05, 4.69) is 10.3 Å². The number of fused-ring (bicyclic) bond motifs is 1. The zero-order valence-electron chi connectivity index (χ0n) is 13.7. The summed E-state index contributed by atoms with van der Waals surface area (Å²) in [4.78, 5) is 27.6. The number of rotatable bonds is 3. The lowest BCUT2D eigenvalue weighted by Crippen LogP contribution is -2.27. The van der Waals surface area contributed by atoms with Crippen LogP contribution in [0.2, 0.25) is 0 Å². The number of carbonyl (C=O) groups is 1. The first kappa shape index (κ1) is 17.0. The molecule has 2 N–H and O–H groups in total. The highest BCUT2D eigenvalue weighted by Crippen LogP contribution is 2.15. The molecule has 0 aliphatic carbocycles. The van der Waals surface area contributed by atoms with Crippen LogP contribution in [0, 0.1) is 10.6 Å². The molecule has 0 aliphatic rings. The molecule has 0 saturated carbocycles. The van der Waals surface area contributed by atoms with Gasteiger partial charge in [-0.3, -0.25) is 14.2 Å². The summed E-state index contributed by atoms with van der Waals surface area (Å²) >= 11 is 5.10. The van der Waals surface area contributed by atoms with Gasteiger partial charge in [0, 0.05) is 12.6 Å². The third-order valence-electron chi connectivity index (χ3n) is 4.08. The second-order valence-electron chi connectivity index (χ2n) is 5.80. The molecule has 5 nitrogen and oxygen atoms in total. The quantitative estimate of drug-likeness (QED) is 0.707. The van der Waals surface area contributed by atoms with E-state index in [1.165, 1.54) is 16.7 Å². The number of carbonyl (C=O) groups excluding carboxylic acids is 1. The Kier molecular flexibility index (Phi) is 4.50. The number of H-pyrrole nitrogens is 1. The summed E-state index contributed by atoms with van der Waals surface area (Å²) in [5, 5.41) is 3.31. The van der Waals surface area contributed by atoms with E-state index in [1.54, 1.807) is 37.4 Å². The van der Waals surface area contributed by atoms with Crippen molar-refractivity contribution >= 4 is 29.0 Å². The van der Waals surface area contributed by atoms with E-state index in [4.69, 9.17) is 12.2 Å². The number of benzene rings is 2. The Morgan fingerprint density at radius 2 is 1.92 bits per heavy atom. The number of nitrogens with one attached hydrogen (secondary N) is 2. The maximum absolute atomic E-state index is 13.0. The lowest BCUT2D eigenvalue weighted by Gasteiger charge is -2.14. The topological polar surface area (TPSA) is 66.9 Å². The minimum absolute atomic E-state index is 0.217. The molecule has 0 saturated heterocycles. The highest BCUT2D eigenvalue weighted by molar-refractivity contribution is 7.71. The molecule has 1 unspecified atom stereocenters. The van der Waals surface area contributed by atoms with Crippen LogP contribution in [0.1, 0.15) is 28.9 Å². The van der Waals surface area contributed by atoms with Gasteiger partial charge in [-0.1, -0.05) is 12.1 Å². The Balaban J connectivity index is 1.89. The van der Waals surface area contributed by atoms with Gasteiger partial charge in [0.15, 0.2) is 4.77 Å². The van der Waals surface area contributed by atoms with Gasteiger partial charge in [-0.2, -0.15) is 0 Å². The first-order valence-electron chi connectivity index (χ1n) is 7.66. The molecular weight excluding hydrogens is 341 g/mol. The van der Waals surface area contributed by atoms with Crippen molar-refractivity contribution in [2.45, 2.75) is 13.0 Å². The monoisotopic (exact) mass is 357 g/mol. The average molecular weight is 357 g/mol. The van der Waals surface area contributed by atoms with Crippen molar-refractivity contribution in [3.05, 3.63) is 74.5 Å². The van der Waals surface area contributed by atoms with E-state index in [9.17, 15) is 14.0 Å². The number of hydrogen-bond acceptors (Lipinski definition) is 3. The van der Waals surface area contributed by atoms with Crippen molar-refractivity contribution < 1.29 is 9.18 Å². The lowest BCUT2D eigenvalue weighted by molar-refractivity contribution is 0.0940. The molecule has 0 radical (unpaired) electrons. The van der Waals surface area contributed by atoms with Crippen LogP contribution in [-0.2, 0) is 7.05 Å². The lowest BCUT2D eigenvalue weighted by atomic mass is 10.1. The molecule has 0 bridgehead atoms. The van der Waals surface area contributed by atoms with E-state index in [1.807, 2.05) is 6.92 Å². The molecule has 0 fully saturated rings. The molecule has 25 heavy (non-hydrogen) atoms. The van der Waals surface area contributed by atoms with Gasteiger partial charge in [-0.05, 0) is 55.0 Å². The molecule has 7 heteroatoms. The van der Waals surface area contributed by atoms with Gasteiger partial charge < -0.3 is 10.3 Å². The van der Waals surface area contributed by atoms with E-state index in [0.717, 1.165) is 5.56 Å². The number of halogens is 1. The fourth-order valence-electron chi connectivity index (χ4n) is 2.56. The van der Waals surface area contributed by atoms with Gasteiger partial charge in [0.1, 0.15) is 5.82 Å². The maximum Gasteiger partial charge on any atom is 0.261 e. The Morgan fingerprint density at radius 1 is 1.24 bits per heavy atom. The van der Waals surface area contributed by atoms with Gasteiger partial charge in [0.05, 0.1) is 16.9 Å². The van der Waals surface area contributed by atoms with Crippen LogP contribution in [-0.4, -0.2) is 15.5 Å². The summed E-state index contributed by atoms with van der Waals surface area (Å²) in [6.45, 7) is 1.81. The molecule has 1 atom stereocenters. The number of aromatic amines is 1. The van der Waals surface area contributed by atoms with Gasteiger partial charge in [0.2, 0.25) is 0 Å². The van der Waals surface area contributed by atoms with E-state index in [-0.39, 0.29) is 28.1 Å². The molecule has 3 rings (SSSR count). The van der Waals surface area contributed by atoms with E-state index >= 15 is 0 Å². The second kappa shape index (κ2) is 6.60. The number of hydrogen-bond donors (Lipinski definition) is 2. The largest absolute Gasteiger partial charge is 0.346 e. The first-order valence-corrected chi connectivity index (χ1v) is 8.07. The molecule has 0 aliphatic heterocycles. The molecule has 2 aromatic carbocycles. The van der Waals surface area contributed by atoms with Crippen LogP contribution >= 0.6 is 12.2 Å². The molecule has 128 valence electrons. The Morgan fingerprint density at radius 3 is 2.60 bits per heavy atom. The normalized spacial score (nSPS) is 12.1. The molecule has 1 aromatic heterocycles. The summed E-state index contributed by atoms with van der Waals surface area (Å²) in [6.07, 6.45) is 0. The molecule has 0 spiro atoms.